The molecule has 1 aromatic rings. The number of ether oxygens (including phenoxy) is 2. The summed E-state index contributed by atoms with van der Waals surface area (Å²) in [5, 5.41) is 0. The number of nitrogens with two attached hydrogens (primary N) is 1. The average molecular weight is 268 g/mol. The van der Waals surface area contributed by atoms with E-state index in [-0.39, 0.29) is 17.4 Å². The Morgan fingerprint density at radius 3 is 2.79 bits per heavy atom. The van der Waals surface area contributed by atoms with E-state index < -0.39 is 11.8 Å². The van der Waals surface area contributed by atoms with Gasteiger partial charge >= 0.3 is 5.97 Å². The molecule has 0 aliphatic carbocycles. The maximum absolute atomic E-state index is 14.0. The molecule has 1 unspecified atom stereocenters. The number of esters is 1. The molecule has 0 bridgehead atoms. The van der Waals surface area contributed by atoms with Gasteiger partial charge in [-0.3, -0.25) is 0 Å². The Morgan fingerprint density at radius 2 is 2.21 bits per heavy atom. The molecule has 0 aromatic heterocycles. The van der Waals surface area contributed by atoms with Gasteiger partial charge in [-0.15, -0.1) is 0 Å². The first kappa shape index (κ1) is 13.6. The van der Waals surface area contributed by atoms with E-state index in [1.807, 2.05) is 4.90 Å². The van der Waals surface area contributed by atoms with Crippen molar-refractivity contribution < 1.29 is 18.7 Å². The summed E-state index contributed by atoms with van der Waals surface area (Å²) in [6.45, 7) is 1.28. The molecule has 0 amide bonds. The predicted molar refractivity (Wildman–Crippen MR) is 69.8 cm³/mol. The predicted octanol–water partition coefficient (Wildman–Crippen LogP) is 1.42. The van der Waals surface area contributed by atoms with Crippen LogP contribution in [0.15, 0.2) is 12.1 Å². The summed E-state index contributed by atoms with van der Waals surface area (Å²) in [4.78, 5) is 13.4. The Kier molecular flexibility index (Phi) is 3.90. The van der Waals surface area contributed by atoms with Crippen LogP contribution in [0.25, 0.3) is 0 Å². The third kappa shape index (κ3) is 2.63. The fourth-order valence-electron chi connectivity index (χ4n) is 2.25. The lowest BCUT2D eigenvalue weighted by atomic mass is 10.1. The largest absolute Gasteiger partial charge is 0.465 e. The van der Waals surface area contributed by atoms with Crippen molar-refractivity contribution in [3.05, 3.63) is 23.5 Å². The van der Waals surface area contributed by atoms with Crippen molar-refractivity contribution in [2.75, 3.05) is 37.9 Å². The normalized spacial score (nSPS) is 18.7. The monoisotopic (exact) mass is 268 g/mol. The minimum atomic E-state index is -0.568. The van der Waals surface area contributed by atoms with Crippen LogP contribution in [0.1, 0.15) is 16.8 Å². The van der Waals surface area contributed by atoms with E-state index in [0.717, 1.165) is 12.5 Å². The number of anilines is 2. The van der Waals surface area contributed by atoms with Crippen LogP contribution in [-0.4, -0.2) is 39.4 Å². The van der Waals surface area contributed by atoms with Crippen LogP contribution in [0.4, 0.5) is 15.8 Å². The Morgan fingerprint density at radius 1 is 1.47 bits per heavy atom. The van der Waals surface area contributed by atoms with Crippen LogP contribution in [-0.2, 0) is 9.47 Å². The molecule has 104 valence electrons. The molecule has 2 rings (SSSR count). The molecular formula is C13H17FN2O3. The molecule has 1 aromatic carbocycles. The third-order valence-electron chi connectivity index (χ3n) is 3.34. The summed E-state index contributed by atoms with van der Waals surface area (Å²) in [5.41, 5.74) is 6.25. The highest BCUT2D eigenvalue weighted by atomic mass is 19.1. The van der Waals surface area contributed by atoms with Crippen LogP contribution in [0.3, 0.4) is 0 Å². The fourth-order valence-corrected chi connectivity index (χ4v) is 2.25. The first-order valence-electron chi connectivity index (χ1n) is 6.02. The molecule has 2 N–H and O–H groups in total. The molecule has 19 heavy (non-hydrogen) atoms. The lowest BCUT2D eigenvalue weighted by Gasteiger charge is -2.20. The molecule has 1 aliphatic rings. The maximum atomic E-state index is 14.0. The number of benzene rings is 1. The number of rotatable bonds is 3. The summed E-state index contributed by atoms with van der Waals surface area (Å²) in [7, 11) is 2.90. The molecule has 1 aliphatic heterocycles. The van der Waals surface area contributed by atoms with Crippen LogP contribution in [0.5, 0.6) is 0 Å². The van der Waals surface area contributed by atoms with Gasteiger partial charge in [0.1, 0.15) is 5.82 Å². The zero-order valence-electron chi connectivity index (χ0n) is 11.0. The summed E-state index contributed by atoms with van der Waals surface area (Å²) >= 11 is 0. The molecule has 1 fully saturated rings. The lowest BCUT2D eigenvalue weighted by Crippen LogP contribution is -2.23. The van der Waals surface area contributed by atoms with Gasteiger partial charge in [0.25, 0.3) is 0 Å². The van der Waals surface area contributed by atoms with Crippen LogP contribution in [0, 0.1) is 5.82 Å². The minimum Gasteiger partial charge on any atom is -0.465 e. The molecule has 0 spiro atoms. The molecule has 1 atom stereocenters. The van der Waals surface area contributed by atoms with Crippen molar-refractivity contribution in [1.29, 1.82) is 0 Å². The average Bonchev–Trinajstić information content (AvgIpc) is 2.86. The van der Waals surface area contributed by atoms with Gasteiger partial charge in [0.15, 0.2) is 0 Å². The molecular weight excluding hydrogens is 251 g/mol. The number of carbonyl (C=O) groups excluding carboxylic acids is 1. The van der Waals surface area contributed by atoms with Crippen LogP contribution in [0.2, 0.25) is 0 Å². The van der Waals surface area contributed by atoms with E-state index in [4.69, 9.17) is 10.5 Å². The minimum absolute atomic E-state index is 0.0792. The van der Waals surface area contributed by atoms with Gasteiger partial charge in [0.05, 0.1) is 24.5 Å². The van der Waals surface area contributed by atoms with Crippen molar-refractivity contribution in [2.45, 2.75) is 12.5 Å². The zero-order chi connectivity index (χ0) is 14.0. The van der Waals surface area contributed by atoms with Crippen molar-refractivity contribution in [3.63, 3.8) is 0 Å². The van der Waals surface area contributed by atoms with Crippen molar-refractivity contribution in [1.82, 2.24) is 0 Å². The molecule has 1 heterocycles. The SMILES string of the molecule is COC(=O)c1cc(N2CCC(OC)C2)c(F)cc1N. The second-order valence-corrected chi connectivity index (χ2v) is 4.47. The Hall–Kier alpha value is -1.82. The smallest absolute Gasteiger partial charge is 0.340 e. The lowest BCUT2D eigenvalue weighted by molar-refractivity contribution is 0.0602. The maximum Gasteiger partial charge on any atom is 0.340 e. The fraction of sp³-hybridized carbons (Fsp3) is 0.462. The number of nitrogen functional groups attached to an aromatic ring is 1. The van der Waals surface area contributed by atoms with E-state index >= 15 is 0 Å². The highest BCUT2D eigenvalue weighted by Gasteiger charge is 2.26. The van der Waals surface area contributed by atoms with E-state index in [9.17, 15) is 9.18 Å². The van der Waals surface area contributed by atoms with Gasteiger partial charge in [-0.2, -0.15) is 0 Å². The summed E-state index contributed by atoms with van der Waals surface area (Å²) < 4.78 is 23.8. The molecule has 1 saturated heterocycles. The second-order valence-electron chi connectivity index (χ2n) is 4.47. The standard InChI is InChI=1S/C13H17FN2O3/c1-18-8-3-4-16(7-8)12-5-9(13(17)19-2)11(15)6-10(12)14/h5-6,8H,3-4,7,15H2,1-2H3. The Labute approximate surface area is 111 Å². The van der Waals surface area contributed by atoms with Gasteiger partial charge in [0, 0.05) is 25.9 Å². The Bertz CT molecular complexity index is 493. The van der Waals surface area contributed by atoms with Crippen molar-refractivity contribution in [3.8, 4) is 0 Å². The first-order chi connectivity index (χ1) is 9.06. The molecule has 0 saturated carbocycles. The third-order valence-corrected chi connectivity index (χ3v) is 3.34. The Balaban J connectivity index is 2.33. The van der Waals surface area contributed by atoms with Crippen molar-refractivity contribution >= 4 is 17.3 Å². The van der Waals surface area contributed by atoms with E-state index in [1.54, 1.807) is 7.11 Å². The number of hydrogen-bond acceptors (Lipinski definition) is 5. The van der Waals surface area contributed by atoms with Gasteiger partial charge in [-0.25, -0.2) is 9.18 Å². The van der Waals surface area contributed by atoms with E-state index in [1.165, 1.54) is 13.2 Å². The van der Waals surface area contributed by atoms with E-state index in [0.29, 0.717) is 18.8 Å². The van der Waals surface area contributed by atoms with Gasteiger partial charge in [-0.05, 0) is 18.6 Å². The first-order valence-corrected chi connectivity index (χ1v) is 6.02. The highest BCUT2D eigenvalue weighted by molar-refractivity contribution is 5.96. The quantitative estimate of drug-likeness (QED) is 0.663. The number of hydrogen-bond donors (Lipinski definition) is 1. The number of nitrogens with zero attached hydrogens (tertiary/aromatic N) is 1. The molecule has 0 radical (unpaired) electrons. The van der Waals surface area contributed by atoms with Gasteiger partial charge < -0.3 is 20.1 Å². The second kappa shape index (κ2) is 5.44. The number of methoxy groups -OCH3 is 2. The van der Waals surface area contributed by atoms with Gasteiger partial charge in [-0.1, -0.05) is 0 Å². The number of halogens is 1. The summed E-state index contributed by atoms with van der Waals surface area (Å²) in [6.07, 6.45) is 0.909. The summed E-state index contributed by atoms with van der Waals surface area (Å²) in [6, 6.07) is 2.59. The number of carbonyl (C=O) groups is 1. The van der Waals surface area contributed by atoms with Crippen LogP contribution < -0.4 is 10.6 Å². The topological polar surface area (TPSA) is 64.8 Å². The van der Waals surface area contributed by atoms with Crippen LogP contribution >= 0.6 is 0 Å². The molecule has 6 heteroatoms. The molecule has 5 nitrogen and oxygen atoms in total. The highest BCUT2D eigenvalue weighted by Crippen LogP contribution is 2.29. The van der Waals surface area contributed by atoms with Gasteiger partial charge in [0.2, 0.25) is 0 Å². The summed E-state index contributed by atoms with van der Waals surface area (Å²) in [5.74, 6) is -1.01. The van der Waals surface area contributed by atoms with Crippen molar-refractivity contribution in [2.24, 2.45) is 0 Å². The van der Waals surface area contributed by atoms with E-state index in [2.05, 4.69) is 4.74 Å². The zero-order valence-corrected chi connectivity index (χ0v) is 11.0.